The molecule has 94 valence electrons. The van der Waals surface area contributed by atoms with Crippen molar-refractivity contribution in [2.75, 3.05) is 6.54 Å². The first kappa shape index (κ1) is 14.9. The lowest BCUT2D eigenvalue weighted by molar-refractivity contribution is 0.0952. The van der Waals surface area contributed by atoms with Crippen LogP contribution in [0.1, 0.15) is 30.1 Å². The van der Waals surface area contributed by atoms with E-state index >= 15 is 0 Å². The van der Waals surface area contributed by atoms with Gasteiger partial charge in [-0.2, -0.15) is 0 Å². The molecule has 1 amide bonds. The summed E-state index contributed by atoms with van der Waals surface area (Å²) in [4.78, 5) is 12.2. The van der Waals surface area contributed by atoms with Crippen LogP contribution in [0.5, 0.6) is 0 Å². The average molecular weight is 414 g/mol. The molecule has 1 aromatic rings. The fourth-order valence-corrected chi connectivity index (χ4v) is 2.27. The summed E-state index contributed by atoms with van der Waals surface area (Å²) in [5.74, 6) is -0.470. The maximum absolute atomic E-state index is 12.9. The molecule has 0 bridgehead atoms. The molecular weight excluding hydrogens is 400 g/mol. The molecule has 2 nitrogen and oxygen atoms in total. The Bertz CT molecular complexity index is 400. The van der Waals surface area contributed by atoms with Crippen molar-refractivity contribution >= 4 is 44.4 Å². The number of amides is 1. The van der Waals surface area contributed by atoms with E-state index in [-0.39, 0.29) is 11.7 Å². The van der Waals surface area contributed by atoms with Crippen molar-refractivity contribution in [1.29, 1.82) is 0 Å². The van der Waals surface area contributed by atoms with Gasteiger partial charge in [0.25, 0.3) is 5.91 Å². The van der Waals surface area contributed by atoms with E-state index in [2.05, 4.69) is 28.2 Å². The largest absolute Gasteiger partial charge is 0.352 e. The molecule has 0 aliphatic heterocycles. The van der Waals surface area contributed by atoms with E-state index in [1.807, 2.05) is 22.6 Å². The molecule has 0 aliphatic carbocycles. The van der Waals surface area contributed by atoms with Crippen LogP contribution >= 0.6 is 38.5 Å². The van der Waals surface area contributed by atoms with Gasteiger partial charge in [0.2, 0.25) is 0 Å². The van der Waals surface area contributed by atoms with Crippen molar-refractivity contribution in [3.05, 3.63) is 33.1 Å². The number of halogens is 3. The van der Waals surface area contributed by atoms with Crippen LogP contribution in [-0.4, -0.2) is 17.3 Å². The predicted octanol–water partition coefficient (Wildman–Crippen LogP) is 3.72. The van der Waals surface area contributed by atoms with E-state index < -0.39 is 0 Å². The summed E-state index contributed by atoms with van der Waals surface area (Å²) in [6.45, 7) is 2.71. The van der Waals surface area contributed by atoms with Gasteiger partial charge >= 0.3 is 0 Å². The van der Waals surface area contributed by atoms with Crippen molar-refractivity contribution in [3.8, 4) is 0 Å². The number of carbonyl (C=O) groups excluding carboxylic acids is 1. The molecule has 1 rings (SSSR count). The highest BCUT2D eigenvalue weighted by atomic mass is 127. The lowest BCUT2D eigenvalue weighted by Crippen LogP contribution is -2.26. The van der Waals surface area contributed by atoms with Crippen LogP contribution in [0, 0.1) is 9.39 Å². The molecular formula is C12H14BrFINO. The smallest absolute Gasteiger partial charge is 0.252 e. The molecule has 1 N–H and O–H groups in total. The minimum Gasteiger partial charge on any atom is -0.352 e. The van der Waals surface area contributed by atoms with E-state index in [9.17, 15) is 9.18 Å². The third kappa shape index (κ3) is 4.91. The van der Waals surface area contributed by atoms with E-state index in [1.165, 1.54) is 18.2 Å². The number of carbonyl (C=O) groups is 1. The van der Waals surface area contributed by atoms with Crippen molar-refractivity contribution in [3.63, 3.8) is 0 Å². The number of alkyl halides is 1. The van der Waals surface area contributed by atoms with E-state index in [0.717, 1.165) is 12.8 Å². The average Bonchev–Trinajstić information content (AvgIpc) is 2.28. The Balaban J connectivity index is 2.52. The highest BCUT2D eigenvalue weighted by Gasteiger charge is 2.10. The molecule has 0 aromatic heterocycles. The molecule has 17 heavy (non-hydrogen) atoms. The second-order valence-electron chi connectivity index (χ2n) is 3.67. The topological polar surface area (TPSA) is 29.1 Å². The number of benzene rings is 1. The Morgan fingerprint density at radius 1 is 1.59 bits per heavy atom. The first-order valence-electron chi connectivity index (χ1n) is 5.42. The van der Waals surface area contributed by atoms with Crippen LogP contribution in [0.3, 0.4) is 0 Å². The van der Waals surface area contributed by atoms with Gasteiger partial charge in [0.15, 0.2) is 0 Å². The number of rotatable bonds is 5. The van der Waals surface area contributed by atoms with Gasteiger partial charge in [0.1, 0.15) is 5.82 Å². The molecule has 5 heteroatoms. The van der Waals surface area contributed by atoms with Crippen molar-refractivity contribution in [2.24, 2.45) is 0 Å². The Kier molecular flexibility index (Phi) is 6.40. The van der Waals surface area contributed by atoms with Gasteiger partial charge in [-0.15, -0.1) is 0 Å². The summed E-state index contributed by atoms with van der Waals surface area (Å²) in [7, 11) is 0. The SMILES string of the molecule is CCC(Br)CCNC(=O)c1ccc(F)cc1I. The van der Waals surface area contributed by atoms with E-state index in [4.69, 9.17) is 0 Å². The molecule has 0 saturated carbocycles. The van der Waals surface area contributed by atoms with Gasteiger partial charge < -0.3 is 5.32 Å². The highest BCUT2D eigenvalue weighted by Crippen LogP contribution is 2.14. The molecule has 1 unspecified atom stereocenters. The second kappa shape index (κ2) is 7.31. The number of hydrogen-bond donors (Lipinski definition) is 1. The molecule has 0 heterocycles. The summed E-state index contributed by atoms with van der Waals surface area (Å²) in [6.07, 6.45) is 1.92. The monoisotopic (exact) mass is 413 g/mol. The summed E-state index contributed by atoms with van der Waals surface area (Å²) in [5.41, 5.74) is 0.523. The molecule has 0 spiro atoms. The van der Waals surface area contributed by atoms with Crippen LogP contribution in [0.2, 0.25) is 0 Å². The summed E-state index contributed by atoms with van der Waals surface area (Å²) >= 11 is 5.47. The number of hydrogen-bond acceptors (Lipinski definition) is 1. The lowest BCUT2D eigenvalue weighted by Gasteiger charge is -2.09. The van der Waals surface area contributed by atoms with Crippen LogP contribution in [0.4, 0.5) is 4.39 Å². The van der Waals surface area contributed by atoms with Crippen LogP contribution in [0.15, 0.2) is 18.2 Å². The standard InChI is InChI=1S/C12H14BrFINO/c1-2-8(13)5-6-16-12(17)10-4-3-9(14)7-11(10)15/h3-4,7-8H,2,5-6H2,1H3,(H,16,17). The first-order valence-corrected chi connectivity index (χ1v) is 7.41. The predicted molar refractivity (Wildman–Crippen MR) is 79.1 cm³/mol. The summed E-state index contributed by atoms with van der Waals surface area (Å²) in [6, 6.07) is 4.17. The Morgan fingerprint density at radius 2 is 2.29 bits per heavy atom. The zero-order valence-electron chi connectivity index (χ0n) is 9.47. The Hall–Kier alpha value is -0.170. The maximum atomic E-state index is 12.9. The Labute approximate surface area is 123 Å². The molecule has 1 atom stereocenters. The zero-order valence-corrected chi connectivity index (χ0v) is 13.2. The Morgan fingerprint density at radius 3 is 2.88 bits per heavy atom. The maximum Gasteiger partial charge on any atom is 0.252 e. The van der Waals surface area contributed by atoms with Crippen molar-refractivity contribution in [2.45, 2.75) is 24.6 Å². The molecule has 0 radical (unpaired) electrons. The van der Waals surface area contributed by atoms with Crippen molar-refractivity contribution < 1.29 is 9.18 Å². The van der Waals surface area contributed by atoms with Gasteiger partial charge in [-0.05, 0) is 53.6 Å². The van der Waals surface area contributed by atoms with Crippen LogP contribution in [0.25, 0.3) is 0 Å². The first-order chi connectivity index (χ1) is 8.04. The summed E-state index contributed by atoms with van der Waals surface area (Å²) in [5, 5.41) is 2.83. The van der Waals surface area contributed by atoms with Gasteiger partial charge in [-0.25, -0.2) is 4.39 Å². The zero-order chi connectivity index (χ0) is 12.8. The quantitative estimate of drug-likeness (QED) is 0.578. The highest BCUT2D eigenvalue weighted by molar-refractivity contribution is 14.1. The third-order valence-electron chi connectivity index (χ3n) is 2.36. The molecule has 1 aromatic carbocycles. The van der Waals surface area contributed by atoms with Crippen LogP contribution < -0.4 is 5.32 Å². The summed E-state index contributed by atoms with van der Waals surface area (Å²) < 4.78 is 13.5. The van der Waals surface area contributed by atoms with Gasteiger partial charge in [-0.1, -0.05) is 22.9 Å². The van der Waals surface area contributed by atoms with Gasteiger partial charge in [0, 0.05) is 14.9 Å². The van der Waals surface area contributed by atoms with Gasteiger partial charge in [-0.3, -0.25) is 4.79 Å². The van der Waals surface area contributed by atoms with Crippen LogP contribution in [-0.2, 0) is 0 Å². The fraction of sp³-hybridized carbons (Fsp3) is 0.417. The molecule has 0 fully saturated rings. The second-order valence-corrected chi connectivity index (χ2v) is 6.13. The lowest BCUT2D eigenvalue weighted by atomic mass is 10.2. The minimum atomic E-state index is -0.322. The fourth-order valence-electron chi connectivity index (χ4n) is 1.32. The third-order valence-corrected chi connectivity index (χ3v) is 4.36. The minimum absolute atomic E-state index is 0.148. The van der Waals surface area contributed by atoms with E-state index in [1.54, 1.807) is 0 Å². The molecule has 0 aliphatic rings. The number of nitrogens with one attached hydrogen (secondary N) is 1. The van der Waals surface area contributed by atoms with E-state index in [0.29, 0.717) is 20.5 Å². The normalized spacial score (nSPS) is 12.2. The van der Waals surface area contributed by atoms with Gasteiger partial charge in [0.05, 0.1) is 5.56 Å². The molecule has 0 saturated heterocycles. The van der Waals surface area contributed by atoms with Crippen molar-refractivity contribution in [1.82, 2.24) is 5.32 Å².